The molecule has 0 saturated heterocycles. The van der Waals surface area contributed by atoms with Gasteiger partial charge in [-0.15, -0.1) is 5.10 Å². The molecule has 0 radical (unpaired) electrons. The molecule has 0 atom stereocenters. The fourth-order valence-corrected chi connectivity index (χ4v) is 0.221. The van der Waals surface area contributed by atoms with E-state index < -0.39 is 0 Å². The van der Waals surface area contributed by atoms with Gasteiger partial charge >= 0.3 is 0 Å². The van der Waals surface area contributed by atoms with E-state index in [4.69, 9.17) is 0 Å². The van der Waals surface area contributed by atoms with Gasteiger partial charge in [0.1, 0.15) is 0 Å². The number of nitrogens with zero attached hydrogens (tertiary/aromatic N) is 4. The van der Waals surface area contributed by atoms with Crippen LogP contribution in [0.2, 0.25) is 0 Å². The van der Waals surface area contributed by atoms with E-state index in [0.717, 1.165) is 0 Å². The first-order valence-corrected chi connectivity index (χ1v) is 1.72. The van der Waals surface area contributed by atoms with Crippen LogP contribution >= 0.6 is 0 Å². The molecule has 0 amide bonds. The fourth-order valence-electron chi connectivity index (χ4n) is 0.221. The van der Waals surface area contributed by atoms with Crippen LogP contribution in [0.15, 0.2) is 0 Å². The van der Waals surface area contributed by atoms with Crippen LogP contribution in [-0.4, -0.2) is 20.4 Å². The van der Waals surface area contributed by atoms with Gasteiger partial charge in [0.2, 0.25) is 0 Å². The Labute approximate surface area is 38.9 Å². The van der Waals surface area contributed by atoms with Gasteiger partial charge < -0.3 is 0 Å². The molecule has 0 bridgehead atoms. The molecule has 0 spiro atoms. The Morgan fingerprint density at radius 3 is 2.57 bits per heavy atom. The van der Waals surface area contributed by atoms with Gasteiger partial charge in [0.15, 0.2) is 5.82 Å². The Morgan fingerprint density at radius 1 is 1.71 bits per heavy atom. The normalized spacial score (nSPS) is 9.43. The van der Waals surface area contributed by atoms with Gasteiger partial charge in [-0.2, -0.15) is 0 Å². The number of tetrazole rings is 1. The molecule has 1 aromatic rings. The van der Waals surface area contributed by atoms with E-state index >= 15 is 0 Å². The Balaban J connectivity index is 3.12. The predicted octanol–water partition coefficient (Wildman–Crippen LogP) is -0.286. The quantitative estimate of drug-likeness (QED) is 0.452. The van der Waals surface area contributed by atoms with E-state index in [-0.39, 0.29) is 10.7 Å². The first kappa shape index (κ1) is 4.17. The molecule has 0 aliphatic rings. The van der Waals surface area contributed by atoms with Gasteiger partial charge in [0.05, 0.1) is 0 Å². The van der Waals surface area contributed by atoms with Crippen LogP contribution in [0.4, 0.5) is 4.48 Å². The zero-order valence-corrected chi connectivity index (χ0v) is 3.67. The van der Waals surface area contributed by atoms with E-state index in [1.54, 1.807) is 0 Å². The summed E-state index contributed by atoms with van der Waals surface area (Å²) in [5.74, 6) is 0.167. The topological polar surface area (TPSA) is 43.6 Å². The highest BCUT2D eigenvalue weighted by Crippen LogP contribution is 1.82. The highest BCUT2D eigenvalue weighted by Gasteiger charge is 1.92. The van der Waals surface area contributed by atoms with E-state index in [0.29, 0.717) is 0 Å². The van der Waals surface area contributed by atoms with Gasteiger partial charge in [-0.3, -0.25) is 0 Å². The van der Waals surface area contributed by atoms with Crippen LogP contribution in [0, 0.1) is 6.92 Å². The maximum Gasteiger partial charge on any atom is 0.183 e. The molecule has 0 fully saturated rings. The molecular weight excluding hydrogens is 99.0 g/mol. The zero-order chi connectivity index (χ0) is 5.28. The number of rotatable bonds is 0. The van der Waals surface area contributed by atoms with Crippen molar-refractivity contribution in [2.24, 2.45) is 0 Å². The lowest BCUT2D eigenvalue weighted by Gasteiger charge is -1.74. The van der Waals surface area contributed by atoms with Crippen molar-refractivity contribution in [2.75, 3.05) is 0 Å². The maximum atomic E-state index is 11.8. The van der Waals surface area contributed by atoms with Crippen molar-refractivity contribution in [1.29, 1.82) is 0 Å². The summed E-state index contributed by atoms with van der Waals surface area (Å²) in [5, 5.41) is 9.16. The SMILES string of the molecule is Cc1nnnn1F. The molecule has 5 heteroatoms. The third kappa shape index (κ3) is 0.556. The first-order valence-electron chi connectivity index (χ1n) is 1.72. The lowest BCUT2D eigenvalue weighted by Crippen LogP contribution is -1.86. The first-order chi connectivity index (χ1) is 3.30. The minimum Gasteiger partial charge on any atom is -0.111 e. The van der Waals surface area contributed by atoms with E-state index in [9.17, 15) is 4.48 Å². The molecule has 0 aliphatic carbocycles. The largest absolute Gasteiger partial charge is 0.183 e. The fraction of sp³-hybridized carbons (Fsp3) is 0.500. The van der Waals surface area contributed by atoms with Crippen LogP contribution in [-0.2, 0) is 0 Å². The molecular formula is C2H3FN4. The Hall–Kier alpha value is -1.00. The molecule has 1 aromatic heterocycles. The van der Waals surface area contributed by atoms with Crippen LogP contribution in [0.25, 0.3) is 0 Å². The second-order valence-electron chi connectivity index (χ2n) is 1.09. The highest BCUT2D eigenvalue weighted by atomic mass is 19.2. The van der Waals surface area contributed by atoms with Crippen LogP contribution in [0.1, 0.15) is 5.82 Å². The van der Waals surface area contributed by atoms with Gasteiger partial charge in [0.25, 0.3) is 0 Å². The van der Waals surface area contributed by atoms with Crippen molar-refractivity contribution in [3.8, 4) is 0 Å². The van der Waals surface area contributed by atoms with Crippen LogP contribution < -0.4 is 0 Å². The van der Waals surface area contributed by atoms with Crippen molar-refractivity contribution in [1.82, 2.24) is 20.4 Å². The Bertz CT molecular complexity index is 142. The monoisotopic (exact) mass is 102 g/mol. The lowest BCUT2D eigenvalue weighted by atomic mass is 10.8. The van der Waals surface area contributed by atoms with Crippen molar-refractivity contribution in [2.45, 2.75) is 6.92 Å². The summed E-state index contributed by atoms with van der Waals surface area (Å²) in [7, 11) is 0. The van der Waals surface area contributed by atoms with Crippen molar-refractivity contribution in [3.63, 3.8) is 0 Å². The molecule has 7 heavy (non-hydrogen) atoms. The lowest BCUT2D eigenvalue weighted by molar-refractivity contribution is 0.297. The summed E-state index contributed by atoms with van der Waals surface area (Å²) in [5.41, 5.74) is 0. The minimum absolute atomic E-state index is 0.111. The number of halogens is 1. The molecule has 0 N–H and O–H groups in total. The summed E-state index contributed by atoms with van der Waals surface area (Å²) in [6.07, 6.45) is 0. The van der Waals surface area contributed by atoms with E-state index in [1.807, 2.05) is 0 Å². The summed E-state index contributed by atoms with van der Waals surface area (Å²) in [4.78, 5) is 0.111. The third-order valence-corrected chi connectivity index (χ3v) is 0.575. The van der Waals surface area contributed by atoms with Crippen molar-refractivity contribution >= 4 is 0 Å². The summed E-state index contributed by atoms with van der Waals surface area (Å²) in [6.45, 7) is 1.47. The molecule has 0 aliphatic heterocycles. The smallest absolute Gasteiger partial charge is 0.111 e. The van der Waals surface area contributed by atoms with Gasteiger partial charge in [-0.1, -0.05) is 9.39 Å². The Morgan fingerprint density at radius 2 is 2.43 bits per heavy atom. The van der Waals surface area contributed by atoms with Gasteiger partial charge in [-0.05, 0) is 10.4 Å². The average molecular weight is 102 g/mol. The number of aromatic nitrogens is 4. The van der Waals surface area contributed by atoms with E-state index in [2.05, 4.69) is 15.5 Å². The second kappa shape index (κ2) is 1.25. The summed E-state index contributed by atoms with van der Waals surface area (Å²) < 4.78 is 11.8. The molecule has 1 heterocycles. The van der Waals surface area contributed by atoms with Crippen molar-refractivity contribution in [3.05, 3.63) is 5.82 Å². The van der Waals surface area contributed by atoms with Crippen LogP contribution in [0.3, 0.4) is 0 Å². The van der Waals surface area contributed by atoms with Gasteiger partial charge in [-0.25, -0.2) is 0 Å². The zero-order valence-electron chi connectivity index (χ0n) is 3.67. The molecule has 0 saturated carbocycles. The third-order valence-electron chi connectivity index (χ3n) is 0.575. The summed E-state index contributed by atoms with van der Waals surface area (Å²) >= 11 is 0. The van der Waals surface area contributed by atoms with Crippen LogP contribution in [0.5, 0.6) is 0 Å². The average Bonchev–Trinajstić information content (AvgIpc) is 1.91. The maximum absolute atomic E-state index is 11.8. The van der Waals surface area contributed by atoms with E-state index in [1.165, 1.54) is 6.92 Å². The number of hydrogen-bond donors (Lipinski definition) is 0. The second-order valence-corrected chi connectivity index (χ2v) is 1.09. The van der Waals surface area contributed by atoms with Crippen molar-refractivity contribution < 1.29 is 4.48 Å². The molecule has 38 valence electrons. The Kier molecular flexibility index (Phi) is 0.744. The number of hydrogen-bond acceptors (Lipinski definition) is 3. The highest BCUT2D eigenvalue weighted by molar-refractivity contribution is 4.67. The standard InChI is InChI=1S/C2H3FN4/c1-2-4-5-6-7(2)3/h1H3. The molecule has 4 nitrogen and oxygen atoms in total. The molecule has 0 unspecified atom stereocenters. The minimum atomic E-state index is 0.111. The molecule has 0 aromatic carbocycles. The summed E-state index contributed by atoms with van der Waals surface area (Å²) in [6, 6.07) is 0. The number of aryl methyl sites for hydroxylation is 1. The van der Waals surface area contributed by atoms with Gasteiger partial charge in [0, 0.05) is 6.92 Å². The molecule has 1 rings (SSSR count). The predicted molar refractivity (Wildman–Crippen MR) is 19.1 cm³/mol.